The van der Waals surface area contributed by atoms with Gasteiger partial charge < -0.3 is 4.98 Å². The Morgan fingerprint density at radius 3 is 2.93 bits per heavy atom. The Bertz CT molecular complexity index is 493. The zero-order valence-corrected chi connectivity index (χ0v) is 7.95. The third-order valence-corrected chi connectivity index (χ3v) is 2.15. The molecule has 0 atom stereocenters. The summed E-state index contributed by atoms with van der Waals surface area (Å²) in [5.41, 5.74) is 1.11. The van der Waals surface area contributed by atoms with Gasteiger partial charge in [0.05, 0.1) is 0 Å². The first-order valence-corrected chi connectivity index (χ1v) is 4.44. The van der Waals surface area contributed by atoms with Crippen molar-refractivity contribution < 1.29 is 0 Å². The zero-order chi connectivity index (χ0) is 9.97. The van der Waals surface area contributed by atoms with Crippen LogP contribution in [0.15, 0.2) is 41.7 Å². The molecule has 0 saturated heterocycles. The van der Waals surface area contributed by atoms with Gasteiger partial charge in [-0.1, -0.05) is 17.7 Å². The molecule has 0 amide bonds. The summed E-state index contributed by atoms with van der Waals surface area (Å²) in [5, 5.41) is 0.186. The maximum absolute atomic E-state index is 11.6. The molecule has 0 radical (unpaired) electrons. The fourth-order valence-corrected chi connectivity index (χ4v) is 1.36. The second kappa shape index (κ2) is 3.64. The molecule has 0 spiro atoms. The molecule has 3 nitrogen and oxygen atoms in total. The highest BCUT2D eigenvalue weighted by atomic mass is 35.5. The summed E-state index contributed by atoms with van der Waals surface area (Å²) in [7, 11) is 0. The third-order valence-electron chi connectivity index (χ3n) is 1.87. The van der Waals surface area contributed by atoms with Crippen molar-refractivity contribution in [2.45, 2.75) is 0 Å². The molecule has 0 unspecified atom stereocenters. The van der Waals surface area contributed by atoms with E-state index in [1.54, 1.807) is 24.7 Å². The Morgan fingerprint density at radius 2 is 2.21 bits per heavy atom. The Kier molecular flexibility index (Phi) is 2.33. The van der Waals surface area contributed by atoms with Crippen molar-refractivity contribution in [3.63, 3.8) is 0 Å². The van der Waals surface area contributed by atoms with Gasteiger partial charge in [-0.3, -0.25) is 9.78 Å². The highest BCUT2D eigenvalue weighted by Crippen LogP contribution is 2.13. The highest BCUT2D eigenvalue weighted by Gasteiger charge is 2.04. The minimum absolute atomic E-state index is 0.182. The monoisotopic (exact) mass is 206 g/mol. The van der Waals surface area contributed by atoms with Gasteiger partial charge in [0.15, 0.2) is 0 Å². The number of H-pyrrole nitrogens is 1. The largest absolute Gasteiger partial charge is 0.366 e. The Morgan fingerprint density at radius 1 is 1.36 bits per heavy atom. The number of nitrogens with one attached hydrogen (secondary N) is 1. The minimum Gasteiger partial charge on any atom is -0.366 e. The van der Waals surface area contributed by atoms with Crippen LogP contribution in [0.4, 0.5) is 0 Å². The second-order valence-corrected chi connectivity index (χ2v) is 3.19. The Hall–Kier alpha value is -1.61. The third kappa shape index (κ3) is 1.54. The summed E-state index contributed by atoms with van der Waals surface area (Å²) in [4.78, 5) is 18.3. The van der Waals surface area contributed by atoms with Crippen molar-refractivity contribution in [3.05, 3.63) is 52.2 Å². The molecule has 0 saturated carbocycles. The number of nitrogens with zero attached hydrogens (tertiary/aromatic N) is 1. The summed E-state index contributed by atoms with van der Waals surface area (Å²) in [6.45, 7) is 0. The summed E-state index contributed by atoms with van der Waals surface area (Å²) in [5.74, 6) is 0. The molecule has 70 valence electrons. The fraction of sp³-hybridized carbons (Fsp3) is 0. The molecule has 0 bridgehead atoms. The van der Waals surface area contributed by atoms with Crippen molar-refractivity contribution in [2.24, 2.45) is 0 Å². The summed E-state index contributed by atoms with van der Waals surface area (Å²) >= 11 is 5.70. The quantitative estimate of drug-likeness (QED) is 0.777. The number of aromatic amines is 1. The van der Waals surface area contributed by atoms with Gasteiger partial charge in [-0.25, -0.2) is 0 Å². The van der Waals surface area contributed by atoms with Crippen molar-refractivity contribution in [2.75, 3.05) is 0 Å². The molecule has 14 heavy (non-hydrogen) atoms. The van der Waals surface area contributed by atoms with Gasteiger partial charge in [-0.15, -0.1) is 0 Å². The molecule has 0 aliphatic rings. The predicted octanol–water partition coefficient (Wildman–Crippen LogP) is 2.09. The molecular weight excluding hydrogens is 200 g/mol. The van der Waals surface area contributed by atoms with Crippen LogP contribution in [0.25, 0.3) is 11.1 Å². The van der Waals surface area contributed by atoms with Gasteiger partial charge in [-0.2, -0.15) is 0 Å². The Labute approximate surface area is 85.4 Å². The summed E-state index contributed by atoms with van der Waals surface area (Å²) < 4.78 is 0. The number of hydrogen-bond acceptors (Lipinski definition) is 2. The van der Waals surface area contributed by atoms with E-state index in [9.17, 15) is 4.79 Å². The SMILES string of the molecule is O=c1c(Cl)c[nH]cc1-c1cccnc1. The molecule has 0 fully saturated rings. The van der Waals surface area contributed by atoms with Crippen molar-refractivity contribution in [1.82, 2.24) is 9.97 Å². The van der Waals surface area contributed by atoms with Gasteiger partial charge in [-0.05, 0) is 6.07 Å². The lowest BCUT2D eigenvalue weighted by Gasteiger charge is -1.99. The standard InChI is InChI=1S/C10H7ClN2O/c11-9-6-13-5-8(10(9)14)7-2-1-3-12-4-7/h1-6H,(H,13,14). The van der Waals surface area contributed by atoms with Crippen molar-refractivity contribution in [3.8, 4) is 11.1 Å². The van der Waals surface area contributed by atoms with Crippen LogP contribution in [-0.4, -0.2) is 9.97 Å². The normalized spacial score (nSPS) is 10.1. The van der Waals surface area contributed by atoms with Crippen molar-refractivity contribution >= 4 is 11.6 Å². The van der Waals surface area contributed by atoms with Crippen LogP contribution in [0.1, 0.15) is 0 Å². The second-order valence-electron chi connectivity index (χ2n) is 2.79. The number of rotatable bonds is 1. The average molecular weight is 207 g/mol. The summed E-state index contributed by atoms with van der Waals surface area (Å²) in [6.07, 6.45) is 6.36. The van der Waals surface area contributed by atoms with Gasteiger partial charge in [0.2, 0.25) is 5.43 Å². The molecule has 0 aliphatic carbocycles. The van der Waals surface area contributed by atoms with Gasteiger partial charge in [0.25, 0.3) is 0 Å². The highest BCUT2D eigenvalue weighted by molar-refractivity contribution is 6.30. The molecule has 0 aliphatic heterocycles. The lowest BCUT2D eigenvalue weighted by molar-refractivity contribution is 1.28. The van der Waals surface area contributed by atoms with E-state index in [4.69, 9.17) is 11.6 Å². The average Bonchev–Trinajstić information content (AvgIpc) is 2.23. The van der Waals surface area contributed by atoms with E-state index in [1.807, 2.05) is 6.07 Å². The molecule has 2 aromatic rings. The molecule has 2 heterocycles. The van der Waals surface area contributed by atoms with Crippen molar-refractivity contribution in [1.29, 1.82) is 0 Å². The smallest absolute Gasteiger partial charge is 0.207 e. The van der Waals surface area contributed by atoms with E-state index in [0.717, 1.165) is 5.56 Å². The van der Waals surface area contributed by atoms with Crippen LogP contribution < -0.4 is 5.43 Å². The van der Waals surface area contributed by atoms with E-state index in [2.05, 4.69) is 9.97 Å². The molecule has 2 aromatic heterocycles. The summed E-state index contributed by atoms with van der Waals surface area (Å²) in [6, 6.07) is 3.59. The molecular formula is C10H7ClN2O. The maximum Gasteiger partial charge on any atom is 0.207 e. The zero-order valence-electron chi connectivity index (χ0n) is 7.20. The number of aromatic nitrogens is 2. The first-order valence-electron chi connectivity index (χ1n) is 4.06. The predicted molar refractivity (Wildman–Crippen MR) is 55.3 cm³/mol. The van der Waals surface area contributed by atoms with Crippen LogP contribution in [0, 0.1) is 0 Å². The lowest BCUT2D eigenvalue weighted by Crippen LogP contribution is -2.05. The van der Waals surface area contributed by atoms with E-state index in [0.29, 0.717) is 5.56 Å². The van der Waals surface area contributed by atoms with Gasteiger partial charge in [0, 0.05) is 35.9 Å². The minimum atomic E-state index is -0.182. The molecule has 4 heteroatoms. The molecule has 2 rings (SSSR count). The van der Waals surface area contributed by atoms with E-state index >= 15 is 0 Å². The van der Waals surface area contributed by atoms with Crippen LogP contribution >= 0.6 is 11.6 Å². The number of pyridine rings is 2. The van der Waals surface area contributed by atoms with Crippen LogP contribution in [-0.2, 0) is 0 Å². The van der Waals surface area contributed by atoms with Crippen LogP contribution in [0.3, 0.4) is 0 Å². The fourth-order valence-electron chi connectivity index (χ4n) is 1.19. The first kappa shape index (κ1) is 8.97. The van der Waals surface area contributed by atoms with Crippen LogP contribution in [0.2, 0.25) is 5.02 Å². The van der Waals surface area contributed by atoms with E-state index in [1.165, 1.54) is 6.20 Å². The Balaban J connectivity index is 2.64. The topological polar surface area (TPSA) is 45.8 Å². The first-order chi connectivity index (χ1) is 6.79. The van der Waals surface area contributed by atoms with Crippen LogP contribution in [0.5, 0.6) is 0 Å². The number of hydrogen-bond donors (Lipinski definition) is 1. The lowest BCUT2D eigenvalue weighted by atomic mass is 10.1. The van der Waals surface area contributed by atoms with E-state index < -0.39 is 0 Å². The maximum atomic E-state index is 11.6. The molecule has 1 N–H and O–H groups in total. The van der Waals surface area contributed by atoms with Gasteiger partial charge >= 0.3 is 0 Å². The number of halogens is 1. The van der Waals surface area contributed by atoms with Gasteiger partial charge in [0.1, 0.15) is 5.02 Å². The van der Waals surface area contributed by atoms with E-state index in [-0.39, 0.29) is 10.5 Å². The molecule has 0 aromatic carbocycles.